The van der Waals surface area contributed by atoms with E-state index in [9.17, 15) is 9.59 Å². The molecule has 0 fully saturated rings. The van der Waals surface area contributed by atoms with Gasteiger partial charge in [0.05, 0.1) is 17.1 Å². The molecule has 0 atom stereocenters. The van der Waals surface area contributed by atoms with Gasteiger partial charge in [-0.05, 0) is 50.1 Å². The molecule has 5 heteroatoms. The maximum Gasteiger partial charge on any atom is 0.250 e. The standard InChI is InChI=1S/C21H24N2O2S/c1-21(2)20(25)22-17-12-6-7-13-18(17)23(21)19(24)15-26-14-8-11-16-9-4-3-5-10-16/h3-7,9-10,12-13H,8,11,14-15H2,1-2H3,(H,22,25). The van der Waals surface area contributed by atoms with E-state index in [0.717, 1.165) is 24.3 Å². The van der Waals surface area contributed by atoms with Crippen molar-refractivity contribution in [3.05, 3.63) is 60.2 Å². The summed E-state index contributed by atoms with van der Waals surface area (Å²) in [5, 5.41) is 2.89. The van der Waals surface area contributed by atoms with Crippen LogP contribution in [0.2, 0.25) is 0 Å². The Morgan fingerprint density at radius 1 is 1.08 bits per heavy atom. The lowest BCUT2D eigenvalue weighted by Gasteiger charge is -2.42. The second-order valence-electron chi connectivity index (χ2n) is 6.90. The lowest BCUT2D eigenvalue weighted by molar-refractivity contribution is -0.125. The molecule has 1 aliphatic heterocycles. The molecule has 0 saturated carbocycles. The van der Waals surface area contributed by atoms with Gasteiger partial charge in [-0.25, -0.2) is 0 Å². The van der Waals surface area contributed by atoms with Crippen molar-refractivity contribution in [2.45, 2.75) is 32.2 Å². The Hall–Kier alpha value is -2.27. The van der Waals surface area contributed by atoms with Crippen molar-refractivity contribution < 1.29 is 9.59 Å². The van der Waals surface area contributed by atoms with E-state index in [2.05, 4.69) is 17.4 Å². The number of amides is 2. The molecule has 4 nitrogen and oxygen atoms in total. The Labute approximate surface area is 159 Å². The highest BCUT2D eigenvalue weighted by Gasteiger charge is 2.43. The molecular formula is C21H24N2O2S. The van der Waals surface area contributed by atoms with E-state index >= 15 is 0 Å². The van der Waals surface area contributed by atoms with Gasteiger partial charge in [0, 0.05) is 0 Å². The van der Waals surface area contributed by atoms with E-state index in [1.165, 1.54) is 5.56 Å². The summed E-state index contributed by atoms with van der Waals surface area (Å²) in [7, 11) is 0. The number of hydrogen-bond acceptors (Lipinski definition) is 3. The van der Waals surface area contributed by atoms with Gasteiger partial charge in [-0.15, -0.1) is 0 Å². The highest BCUT2D eigenvalue weighted by atomic mass is 32.2. The van der Waals surface area contributed by atoms with Gasteiger partial charge in [-0.3, -0.25) is 14.5 Å². The number of rotatable bonds is 6. The lowest BCUT2D eigenvalue weighted by Crippen LogP contribution is -2.59. The van der Waals surface area contributed by atoms with Crippen LogP contribution in [0.3, 0.4) is 0 Å². The van der Waals surface area contributed by atoms with E-state index in [-0.39, 0.29) is 11.8 Å². The number of anilines is 2. The maximum atomic E-state index is 12.9. The Morgan fingerprint density at radius 2 is 1.77 bits per heavy atom. The molecule has 0 unspecified atom stereocenters. The monoisotopic (exact) mass is 368 g/mol. The normalized spacial score (nSPS) is 15.3. The first-order chi connectivity index (χ1) is 12.5. The zero-order valence-electron chi connectivity index (χ0n) is 15.2. The fraction of sp³-hybridized carbons (Fsp3) is 0.333. The summed E-state index contributed by atoms with van der Waals surface area (Å²) in [4.78, 5) is 26.9. The molecule has 0 radical (unpaired) electrons. The fourth-order valence-electron chi connectivity index (χ4n) is 3.15. The minimum absolute atomic E-state index is 0.0259. The summed E-state index contributed by atoms with van der Waals surface area (Å²) in [6.07, 6.45) is 2.05. The molecule has 3 rings (SSSR count). The Kier molecular flexibility index (Phi) is 5.67. The van der Waals surface area contributed by atoms with Crippen molar-refractivity contribution in [2.24, 2.45) is 0 Å². The van der Waals surface area contributed by atoms with Crippen molar-refractivity contribution >= 4 is 35.0 Å². The van der Waals surface area contributed by atoms with Gasteiger partial charge in [0.2, 0.25) is 11.8 Å². The topological polar surface area (TPSA) is 49.4 Å². The van der Waals surface area contributed by atoms with E-state index in [4.69, 9.17) is 0 Å². The Balaban J connectivity index is 1.59. The summed E-state index contributed by atoms with van der Waals surface area (Å²) >= 11 is 1.63. The van der Waals surface area contributed by atoms with Crippen molar-refractivity contribution in [3.63, 3.8) is 0 Å². The minimum Gasteiger partial charge on any atom is -0.322 e. The van der Waals surface area contributed by atoms with Crippen molar-refractivity contribution in [3.8, 4) is 0 Å². The van der Waals surface area contributed by atoms with Crippen molar-refractivity contribution in [1.29, 1.82) is 0 Å². The molecular weight excluding hydrogens is 344 g/mol. The van der Waals surface area contributed by atoms with Gasteiger partial charge < -0.3 is 5.32 Å². The quantitative estimate of drug-likeness (QED) is 0.781. The molecule has 1 N–H and O–H groups in total. The van der Waals surface area contributed by atoms with Crippen LogP contribution in [0.15, 0.2) is 54.6 Å². The average molecular weight is 369 g/mol. The predicted molar refractivity (Wildman–Crippen MR) is 109 cm³/mol. The summed E-state index contributed by atoms with van der Waals surface area (Å²) in [5.74, 6) is 1.11. The van der Waals surface area contributed by atoms with E-state index < -0.39 is 5.54 Å². The number of fused-ring (bicyclic) bond motifs is 1. The number of para-hydroxylation sites is 2. The smallest absolute Gasteiger partial charge is 0.250 e. The largest absolute Gasteiger partial charge is 0.322 e. The third-order valence-electron chi connectivity index (χ3n) is 4.58. The molecule has 0 aromatic heterocycles. The number of nitrogens with zero attached hydrogens (tertiary/aromatic N) is 1. The first-order valence-corrected chi connectivity index (χ1v) is 10.0. The fourth-order valence-corrected chi connectivity index (χ4v) is 3.94. The second-order valence-corrected chi connectivity index (χ2v) is 8.01. The summed E-state index contributed by atoms with van der Waals surface area (Å²) in [5.41, 5.74) is 1.89. The van der Waals surface area contributed by atoms with E-state index in [1.807, 2.05) is 42.5 Å². The third-order valence-corrected chi connectivity index (χ3v) is 5.61. The van der Waals surface area contributed by atoms with Gasteiger partial charge in [-0.1, -0.05) is 42.5 Å². The molecule has 26 heavy (non-hydrogen) atoms. The third kappa shape index (κ3) is 3.93. The van der Waals surface area contributed by atoms with E-state index in [1.54, 1.807) is 30.5 Å². The highest BCUT2D eigenvalue weighted by molar-refractivity contribution is 7.99. The first kappa shape index (κ1) is 18.5. The highest BCUT2D eigenvalue weighted by Crippen LogP contribution is 2.37. The molecule has 0 saturated heterocycles. The van der Waals surface area contributed by atoms with E-state index in [0.29, 0.717) is 11.4 Å². The van der Waals surface area contributed by atoms with Crippen LogP contribution in [-0.4, -0.2) is 28.9 Å². The Morgan fingerprint density at radius 3 is 2.54 bits per heavy atom. The first-order valence-electron chi connectivity index (χ1n) is 8.85. The molecule has 0 aliphatic carbocycles. The Bertz CT molecular complexity index is 790. The van der Waals surface area contributed by atoms with Gasteiger partial charge in [0.15, 0.2) is 0 Å². The van der Waals surface area contributed by atoms with Gasteiger partial charge >= 0.3 is 0 Å². The number of hydrogen-bond donors (Lipinski definition) is 1. The zero-order valence-corrected chi connectivity index (χ0v) is 16.0. The average Bonchev–Trinajstić information content (AvgIpc) is 2.63. The van der Waals surface area contributed by atoms with Crippen LogP contribution >= 0.6 is 11.8 Å². The number of aryl methyl sites for hydroxylation is 1. The number of thioether (sulfide) groups is 1. The van der Waals surface area contributed by atoms with Gasteiger partial charge in [0.1, 0.15) is 5.54 Å². The number of nitrogens with one attached hydrogen (secondary N) is 1. The predicted octanol–water partition coefficient (Wildman–Crippen LogP) is 4.12. The number of benzene rings is 2. The van der Waals surface area contributed by atoms with Crippen molar-refractivity contribution in [2.75, 3.05) is 21.7 Å². The molecule has 0 bridgehead atoms. The van der Waals surface area contributed by atoms with Crippen LogP contribution in [0.1, 0.15) is 25.8 Å². The van der Waals surface area contributed by atoms with Crippen LogP contribution in [0, 0.1) is 0 Å². The van der Waals surface area contributed by atoms with Gasteiger partial charge in [-0.2, -0.15) is 11.8 Å². The summed E-state index contributed by atoms with van der Waals surface area (Å²) in [6.45, 7) is 3.58. The molecule has 2 amide bonds. The van der Waals surface area contributed by atoms with Crippen LogP contribution in [-0.2, 0) is 16.0 Å². The summed E-state index contributed by atoms with van der Waals surface area (Å²) in [6, 6.07) is 17.8. The molecule has 1 aliphatic rings. The molecule has 2 aromatic rings. The second kappa shape index (κ2) is 7.96. The zero-order chi connectivity index (χ0) is 18.6. The minimum atomic E-state index is -0.893. The van der Waals surface area contributed by atoms with Crippen LogP contribution in [0.25, 0.3) is 0 Å². The number of carbonyl (C=O) groups excluding carboxylic acids is 2. The van der Waals surface area contributed by atoms with Crippen LogP contribution in [0.4, 0.5) is 11.4 Å². The molecule has 1 heterocycles. The van der Waals surface area contributed by atoms with Gasteiger partial charge in [0.25, 0.3) is 0 Å². The molecule has 2 aromatic carbocycles. The SMILES string of the molecule is CC1(C)C(=O)Nc2ccccc2N1C(=O)CSCCCc1ccccc1. The molecule has 0 spiro atoms. The summed E-state index contributed by atoms with van der Waals surface area (Å²) < 4.78 is 0. The lowest BCUT2D eigenvalue weighted by atomic mass is 9.96. The van der Waals surface area contributed by atoms with Crippen molar-refractivity contribution in [1.82, 2.24) is 0 Å². The maximum absolute atomic E-state index is 12.9. The molecule has 136 valence electrons. The number of carbonyl (C=O) groups is 2. The van der Waals surface area contributed by atoms with Crippen LogP contribution in [0.5, 0.6) is 0 Å². The van der Waals surface area contributed by atoms with Crippen LogP contribution < -0.4 is 10.2 Å².